The SMILES string of the molecule is C.N#CC1CN(S(=O)(=O)N2CCC[C@H](C(=O)N3C[C@H](F)C[C@@H]3C(=O)NCc3ccc(C(F)(F)F)cc3)C2)C1. The number of halogens is 4. The maximum absolute atomic E-state index is 14.3. The van der Waals surface area contributed by atoms with Crippen molar-refractivity contribution in [3.63, 3.8) is 0 Å². The van der Waals surface area contributed by atoms with E-state index in [1.165, 1.54) is 20.7 Å². The smallest absolute Gasteiger partial charge is 0.350 e. The molecule has 2 amide bonds. The van der Waals surface area contributed by atoms with Gasteiger partial charge >= 0.3 is 6.18 Å². The Balaban J connectivity index is 0.00000400. The molecule has 4 rings (SSSR count). The lowest BCUT2D eigenvalue weighted by atomic mass is 9.97. The predicted molar refractivity (Wildman–Crippen MR) is 129 cm³/mol. The van der Waals surface area contributed by atoms with Gasteiger partial charge in [0.1, 0.15) is 12.2 Å². The first-order valence-corrected chi connectivity index (χ1v) is 13.3. The van der Waals surface area contributed by atoms with Crippen LogP contribution in [0, 0.1) is 23.2 Å². The molecular formula is C24H31F4N5O4S. The average molecular weight is 562 g/mol. The second-order valence-corrected chi connectivity index (χ2v) is 11.5. The highest BCUT2D eigenvalue weighted by atomic mass is 32.2. The van der Waals surface area contributed by atoms with Crippen molar-refractivity contribution in [3.8, 4) is 6.07 Å². The monoisotopic (exact) mass is 561 g/mol. The van der Waals surface area contributed by atoms with Crippen LogP contribution in [0.15, 0.2) is 24.3 Å². The largest absolute Gasteiger partial charge is 0.416 e. The highest BCUT2D eigenvalue weighted by Gasteiger charge is 2.45. The summed E-state index contributed by atoms with van der Waals surface area (Å²) in [6.07, 6.45) is -5.33. The standard InChI is InChI=1S/C23H27F4N5O4S.CH4/c24-19-8-20(21(33)29-10-15-3-5-18(6-4-15)23(25,26)27)32(14-19)22(34)17-2-1-7-30(13-17)37(35,36)31-11-16(9-28)12-31;/h3-6,16-17,19-20H,1-2,7-8,10-14H2,(H,29,33);1H4/t17-,19+,20+;/m0./s1. The third kappa shape index (κ3) is 6.27. The summed E-state index contributed by atoms with van der Waals surface area (Å²) < 4.78 is 80.6. The Kier molecular flexibility index (Phi) is 9.05. The van der Waals surface area contributed by atoms with Crippen molar-refractivity contribution in [2.75, 3.05) is 32.7 Å². The van der Waals surface area contributed by atoms with Gasteiger partial charge in [-0.25, -0.2) is 4.39 Å². The molecule has 1 aromatic carbocycles. The maximum atomic E-state index is 14.3. The predicted octanol–water partition coefficient (Wildman–Crippen LogP) is 2.31. The number of carbonyl (C=O) groups is 2. The van der Waals surface area contributed by atoms with E-state index in [0.29, 0.717) is 18.4 Å². The quantitative estimate of drug-likeness (QED) is 0.536. The molecule has 3 aliphatic heterocycles. The van der Waals surface area contributed by atoms with Crippen LogP contribution < -0.4 is 5.32 Å². The van der Waals surface area contributed by atoms with E-state index in [-0.39, 0.29) is 59.0 Å². The molecule has 0 radical (unpaired) electrons. The zero-order valence-corrected chi connectivity index (χ0v) is 20.6. The van der Waals surface area contributed by atoms with Crippen LogP contribution in [0.5, 0.6) is 0 Å². The zero-order chi connectivity index (χ0) is 27.0. The van der Waals surface area contributed by atoms with Crippen molar-refractivity contribution < 1.29 is 35.6 Å². The van der Waals surface area contributed by atoms with Gasteiger partial charge in [0, 0.05) is 39.1 Å². The van der Waals surface area contributed by atoms with Crippen molar-refractivity contribution in [1.29, 1.82) is 5.26 Å². The fourth-order valence-electron chi connectivity index (χ4n) is 4.85. The topological polar surface area (TPSA) is 114 Å². The van der Waals surface area contributed by atoms with Gasteiger partial charge in [-0.3, -0.25) is 9.59 Å². The number of benzene rings is 1. The average Bonchev–Trinajstić information content (AvgIpc) is 3.22. The molecule has 3 saturated heterocycles. The number of likely N-dealkylation sites (tertiary alicyclic amines) is 1. The van der Waals surface area contributed by atoms with Crippen LogP contribution in [0.1, 0.15) is 37.8 Å². The van der Waals surface area contributed by atoms with Crippen LogP contribution in [0.2, 0.25) is 0 Å². The van der Waals surface area contributed by atoms with Crippen molar-refractivity contribution in [2.45, 2.75) is 51.6 Å². The van der Waals surface area contributed by atoms with Crippen molar-refractivity contribution in [1.82, 2.24) is 18.8 Å². The molecule has 3 atom stereocenters. The Hall–Kier alpha value is -2.76. The molecular weight excluding hydrogens is 530 g/mol. The van der Waals surface area contributed by atoms with Gasteiger partial charge in [0.05, 0.1) is 30.0 Å². The van der Waals surface area contributed by atoms with E-state index >= 15 is 0 Å². The second kappa shape index (κ2) is 11.5. The van der Waals surface area contributed by atoms with Crippen LogP contribution in [0.25, 0.3) is 0 Å². The number of rotatable bonds is 6. The number of carbonyl (C=O) groups excluding carboxylic acids is 2. The first kappa shape index (κ1) is 29.8. The second-order valence-electron chi connectivity index (χ2n) is 9.60. The summed E-state index contributed by atoms with van der Waals surface area (Å²) in [5.74, 6) is -2.23. The van der Waals surface area contributed by atoms with E-state index in [1.54, 1.807) is 0 Å². The molecule has 3 aliphatic rings. The molecule has 38 heavy (non-hydrogen) atoms. The van der Waals surface area contributed by atoms with Gasteiger partial charge in [0.15, 0.2) is 0 Å². The van der Waals surface area contributed by atoms with Gasteiger partial charge < -0.3 is 10.2 Å². The van der Waals surface area contributed by atoms with Crippen LogP contribution in [0.3, 0.4) is 0 Å². The Morgan fingerprint density at radius 1 is 1.08 bits per heavy atom. The number of alkyl halides is 4. The van der Waals surface area contributed by atoms with Crippen LogP contribution in [-0.2, 0) is 32.5 Å². The molecule has 210 valence electrons. The molecule has 0 aromatic heterocycles. The van der Waals surface area contributed by atoms with Crippen molar-refractivity contribution in [3.05, 3.63) is 35.4 Å². The zero-order valence-electron chi connectivity index (χ0n) is 19.8. The summed E-state index contributed by atoms with van der Waals surface area (Å²) in [7, 11) is -3.83. The number of hydrogen-bond acceptors (Lipinski definition) is 5. The van der Waals surface area contributed by atoms with Gasteiger partial charge in [-0.05, 0) is 30.5 Å². The van der Waals surface area contributed by atoms with Crippen molar-refractivity contribution in [2.24, 2.45) is 11.8 Å². The number of hydrogen-bond donors (Lipinski definition) is 1. The molecule has 1 N–H and O–H groups in total. The number of nitrogens with zero attached hydrogens (tertiary/aromatic N) is 4. The van der Waals surface area contributed by atoms with E-state index in [0.717, 1.165) is 17.0 Å². The van der Waals surface area contributed by atoms with E-state index in [9.17, 15) is 35.6 Å². The van der Waals surface area contributed by atoms with E-state index in [2.05, 4.69) is 5.32 Å². The molecule has 0 saturated carbocycles. The Morgan fingerprint density at radius 3 is 2.34 bits per heavy atom. The molecule has 0 spiro atoms. The van der Waals surface area contributed by atoms with E-state index in [1.807, 2.05) is 6.07 Å². The highest BCUT2D eigenvalue weighted by Crippen LogP contribution is 2.31. The van der Waals surface area contributed by atoms with Gasteiger partial charge in [-0.1, -0.05) is 19.6 Å². The summed E-state index contributed by atoms with van der Waals surface area (Å²) >= 11 is 0. The number of nitrogens with one attached hydrogen (secondary N) is 1. The molecule has 14 heteroatoms. The van der Waals surface area contributed by atoms with Gasteiger partial charge in [-0.15, -0.1) is 0 Å². The molecule has 0 bridgehead atoms. The normalized spacial score (nSPS) is 25.2. The Morgan fingerprint density at radius 2 is 1.74 bits per heavy atom. The minimum atomic E-state index is -4.48. The van der Waals surface area contributed by atoms with Crippen LogP contribution >= 0.6 is 0 Å². The molecule has 3 fully saturated rings. The van der Waals surface area contributed by atoms with Crippen LogP contribution in [0.4, 0.5) is 17.6 Å². The Bertz CT molecular complexity index is 1170. The van der Waals surface area contributed by atoms with Gasteiger partial charge in [0.25, 0.3) is 10.2 Å². The summed E-state index contributed by atoms with van der Waals surface area (Å²) in [4.78, 5) is 27.2. The lowest BCUT2D eigenvalue weighted by Crippen LogP contribution is -2.57. The fourth-order valence-corrected chi connectivity index (χ4v) is 6.65. The first-order chi connectivity index (χ1) is 17.4. The molecule has 0 aliphatic carbocycles. The molecule has 9 nitrogen and oxygen atoms in total. The maximum Gasteiger partial charge on any atom is 0.416 e. The minimum absolute atomic E-state index is 0. The summed E-state index contributed by atoms with van der Waals surface area (Å²) in [6, 6.07) is 5.17. The summed E-state index contributed by atoms with van der Waals surface area (Å²) in [5.41, 5.74) is -0.412. The van der Waals surface area contributed by atoms with Crippen LogP contribution in [-0.4, -0.2) is 78.7 Å². The molecule has 3 heterocycles. The van der Waals surface area contributed by atoms with Crippen molar-refractivity contribution >= 4 is 22.0 Å². The third-order valence-corrected chi connectivity index (χ3v) is 8.94. The van der Waals surface area contributed by atoms with E-state index in [4.69, 9.17) is 5.26 Å². The lowest BCUT2D eigenvalue weighted by molar-refractivity contribution is -0.142. The Labute approximate surface area is 219 Å². The van der Waals surface area contributed by atoms with Gasteiger partial charge in [0.2, 0.25) is 11.8 Å². The number of piperidine rings is 1. The summed E-state index contributed by atoms with van der Waals surface area (Å²) in [5, 5.41) is 11.5. The lowest BCUT2D eigenvalue weighted by Gasteiger charge is -2.41. The molecule has 1 aromatic rings. The summed E-state index contributed by atoms with van der Waals surface area (Å²) in [6.45, 7) is -0.0573. The van der Waals surface area contributed by atoms with Gasteiger partial charge in [-0.2, -0.15) is 35.5 Å². The van der Waals surface area contributed by atoms with E-state index < -0.39 is 51.9 Å². The number of amides is 2. The minimum Gasteiger partial charge on any atom is -0.350 e. The third-order valence-electron chi connectivity index (χ3n) is 7.00. The fraction of sp³-hybridized carbons (Fsp3) is 0.625. The molecule has 0 unspecified atom stereocenters. The highest BCUT2D eigenvalue weighted by molar-refractivity contribution is 7.86. The number of nitriles is 1. The first-order valence-electron chi connectivity index (χ1n) is 11.9.